The summed E-state index contributed by atoms with van der Waals surface area (Å²) >= 11 is 1.55. The van der Waals surface area contributed by atoms with E-state index in [2.05, 4.69) is 10.4 Å². The molecule has 1 saturated carbocycles. The number of amides is 1. The second kappa shape index (κ2) is 4.65. The Kier molecular flexibility index (Phi) is 2.98. The molecular formula is C12H14N4O2S. The van der Waals surface area contributed by atoms with Gasteiger partial charge in [0.15, 0.2) is 5.82 Å². The number of rotatable bonds is 4. The van der Waals surface area contributed by atoms with Gasteiger partial charge in [0.05, 0.1) is 4.88 Å². The number of aromatic nitrogens is 3. The molecule has 0 radical (unpaired) electrons. The maximum Gasteiger partial charge on any atom is 0.346 e. The number of nitrogens with zero attached hydrogens (tertiary/aromatic N) is 3. The van der Waals surface area contributed by atoms with Crippen molar-refractivity contribution in [2.24, 2.45) is 0 Å². The molecule has 0 unspecified atom stereocenters. The van der Waals surface area contributed by atoms with Crippen LogP contribution in [0.25, 0.3) is 10.7 Å². The SMILES string of the molecule is CNC(=O)Cn1nc(-c2cccs2)n(C2CC2)c1=O. The topological polar surface area (TPSA) is 68.9 Å². The number of thiophene rings is 1. The molecule has 2 aromatic rings. The van der Waals surface area contributed by atoms with Gasteiger partial charge in [0.2, 0.25) is 5.91 Å². The first kappa shape index (κ1) is 12.2. The fourth-order valence-corrected chi connectivity index (χ4v) is 2.68. The van der Waals surface area contributed by atoms with Gasteiger partial charge in [-0.15, -0.1) is 16.4 Å². The molecule has 2 aromatic heterocycles. The van der Waals surface area contributed by atoms with Gasteiger partial charge < -0.3 is 5.32 Å². The van der Waals surface area contributed by atoms with Gasteiger partial charge in [-0.1, -0.05) is 6.07 Å². The molecule has 1 amide bonds. The summed E-state index contributed by atoms with van der Waals surface area (Å²) in [5.41, 5.74) is -0.200. The van der Waals surface area contributed by atoms with E-state index in [0.29, 0.717) is 5.82 Å². The van der Waals surface area contributed by atoms with Crippen LogP contribution in [-0.4, -0.2) is 27.3 Å². The first-order chi connectivity index (χ1) is 9.20. The summed E-state index contributed by atoms with van der Waals surface area (Å²) in [5, 5.41) is 8.78. The maximum atomic E-state index is 12.3. The fourth-order valence-electron chi connectivity index (χ4n) is 1.97. The largest absolute Gasteiger partial charge is 0.358 e. The summed E-state index contributed by atoms with van der Waals surface area (Å²) in [5.74, 6) is 0.451. The molecule has 100 valence electrons. The van der Waals surface area contributed by atoms with Gasteiger partial charge >= 0.3 is 5.69 Å². The van der Waals surface area contributed by atoms with Gasteiger partial charge in [-0.25, -0.2) is 9.48 Å². The van der Waals surface area contributed by atoms with Crippen molar-refractivity contribution in [3.8, 4) is 10.7 Å². The van der Waals surface area contributed by atoms with Gasteiger partial charge in [0.25, 0.3) is 0 Å². The summed E-state index contributed by atoms with van der Waals surface area (Å²) in [6.07, 6.45) is 2.01. The lowest BCUT2D eigenvalue weighted by atomic mass is 10.4. The third-order valence-electron chi connectivity index (χ3n) is 3.10. The Bertz CT molecular complexity index is 652. The van der Waals surface area contributed by atoms with Crippen LogP contribution in [0.4, 0.5) is 0 Å². The van der Waals surface area contributed by atoms with E-state index >= 15 is 0 Å². The minimum Gasteiger partial charge on any atom is -0.358 e. The lowest BCUT2D eigenvalue weighted by Gasteiger charge is -1.99. The summed E-state index contributed by atoms with van der Waals surface area (Å²) in [4.78, 5) is 24.7. The minimum absolute atomic E-state index is 0.0343. The number of nitrogens with one attached hydrogen (secondary N) is 1. The summed E-state index contributed by atoms with van der Waals surface area (Å²) < 4.78 is 2.96. The highest BCUT2D eigenvalue weighted by Gasteiger charge is 2.30. The zero-order valence-electron chi connectivity index (χ0n) is 10.5. The molecule has 1 aliphatic carbocycles. The van der Waals surface area contributed by atoms with Crippen molar-refractivity contribution in [2.45, 2.75) is 25.4 Å². The molecule has 0 bridgehead atoms. The number of hydrogen-bond acceptors (Lipinski definition) is 4. The Morgan fingerprint density at radius 3 is 2.95 bits per heavy atom. The van der Waals surface area contributed by atoms with Crippen LogP contribution in [0.15, 0.2) is 22.3 Å². The Morgan fingerprint density at radius 1 is 1.58 bits per heavy atom. The molecule has 0 saturated heterocycles. The molecule has 6 nitrogen and oxygen atoms in total. The Labute approximate surface area is 113 Å². The van der Waals surface area contributed by atoms with Gasteiger partial charge in [-0.3, -0.25) is 9.36 Å². The standard InChI is InChI=1S/C12H14N4O2S/c1-13-10(17)7-15-12(18)16(8-4-5-8)11(14-15)9-3-2-6-19-9/h2-3,6,8H,4-5,7H2,1H3,(H,13,17). The normalized spacial score (nSPS) is 14.6. The van der Waals surface area contributed by atoms with E-state index in [4.69, 9.17) is 0 Å². The average molecular weight is 278 g/mol. The molecule has 2 heterocycles. The van der Waals surface area contributed by atoms with Crippen LogP contribution in [0.3, 0.4) is 0 Å². The van der Waals surface area contributed by atoms with Gasteiger partial charge in [0.1, 0.15) is 6.54 Å². The van der Waals surface area contributed by atoms with Crippen molar-refractivity contribution in [1.29, 1.82) is 0 Å². The molecule has 1 N–H and O–H groups in total. The predicted octanol–water partition coefficient (Wildman–Crippen LogP) is 0.854. The lowest BCUT2D eigenvalue weighted by Crippen LogP contribution is -2.31. The molecule has 1 aliphatic rings. The van der Waals surface area contributed by atoms with E-state index < -0.39 is 0 Å². The second-order valence-electron chi connectivity index (χ2n) is 4.52. The van der Waals surface area contributed by atoms with E-state index in [0.717, 1.165) is 17.7 Å². The van der Waals surface area contributed by atoms with Crippen LogP contribution in [0.2, 0.25) is 0 Å². The van der Waals surface area contributed by atoms with Crippen LogP contribution in [0.5, 0.6) is 0 Å². The highest BCUT2D eigenvalue weighted by molar-refractivity contribution is 7.13. The predicted molar refractivity (Wildman–Crippen MR) is 72.1 cm³/mol. The van der Waals surface area contributed by atoms with Gasteiger partial charge in [-0.2, -0.15) is 0 Å². The minimum atomic E-state index is -0.222. The van der Waals surface area contributed by atoms with Crippen LogP contribution in [-0.2, 0) is 11.3 Å². The Morgan fingerprint density at radius 2 is 2.37 bits per heavy atom. The second-order valence-corrected chi connectivity index (χ2v) is 5.46. The molecule has 3 rings (SSSR count). The smallest absolute Gasteiger partial charge is 0.346 e. The Hall–Kier alpha value is -1.89. The van der Waals surface area contributed by atoms with Crippen molar-refractivity contribution in [1.82, 2.24) is 19.7 Å². The highest BCUT2D eigenvalue weighted by Crippen LogP contribution is 2.37. The molecule has 1 fully saturated rings. The number of carbonyl (C=O) groups is 1. The van der Waals surface area contributed by atoms with E-state index in [1.54, 1.807) is 23.0 Å². The van der Waals surface area contributed by atoms with E-state index in [-0.39, 0.29) is 24.2 Å². The molecule has 0 aliphatic heterocycles. The first-order valence-corrected chi connectivity index (χ1v) is 7.02. The fraction of sp³-hybridized carbons (Fsp3) is 0.417. The highest BCUT2D eigenvalue weighted by atomic mass is 32.1. The molecule has 0 aromatic carbocycles. The average Bonchev–Trinajstić information content (AvgIpc) is 2.99. The third kappa shape index (κ3) is 2.21. The third-order valence-corrected chi connectivity index (χ3v) is 3.96. The van der Waals surface area contributed by atoms with Crippen LogP contribution < -0.4 is 11.0 Å². The van der Waals surface area contributed by atoms with Gasteiger partial charge in [-0.05, 0) is 24.3 Å². The molecule has 19 heavy (non-hydrogen) atoms. The summed E-state index contributed by atoms with van der Waals surface area (Å²) in [6, 6.07) is 4.11. The van der Waals surface area contributed by atoms with Crippen molar-refractivity contribution in [3.05, 3.63) is 28.0 Å². The van der Waals surface area contributed by atoms with E-state index in [9.17, 15) is 9.59 Å². The molecular weight excluding hydrogens is 264 g/mol. The maximum absolute atomic E-state index is 12.3. The number of hydrogen-bond donors (Lipinski definition) is 1. The van der Waals surface area contributed by atoms with Crippen molar-refractivity contribution in [3.63, 3.8) is 0 Å². The molecule has 0 atom stereocenters. The van der Waals surface area contributed by atoms with Crippen LogP contribution >= 0.6 is 11.3 Å². The van der Waals surface area contributed by atoms with Crippen LogP contribution in [0.1, 0.15) is 18.9 Å². The van der Waals surface area contributed by atoms with Crippen molar-refractivity contribution >= 4 is 17.2 Å². The quantitative estimate of drug-likeness (QED) is 0.901. The molecule has 0 spiro atoms. The molecule has 7 heteroatoms. The van der Waals surface area contributed by atoms with Crippen molar-refractivity contribution < 1.29 is 4.79 Å². The summed E-state index contributed by atoms with van der Waals surface area (Å²) in [7, 11) is 1.55. The van der Waals surface area contributed by atoms with Crippen molar-refractivity contribution in [2.75, 3.05) is 7.05 Å². The first-order valence-electron chi connectivity index (χ1n) is 6.14. The number of likely N-dealkylation sites (N-methyl/N-ethyl adjacent to an activating group) is 1. The van der Waals surface area contributed by atoms with Gasteiger partial charge in [0, 0.05) is 13.1 Å². The monoisotopic (exact) mass is 278 g/mol. The number of carbonyl (C=O) groups excluding carboxylic acids is 1. The van der Waals surface area contributed by atoms with Crippen LogP contribution in [0, 0.1) is 0 Å². The lowest BCUT2D eigenvalue weighted by molar-refractivity contribution is -0.121. The summed E-state index contributed by atoms with van der Waals surface area (Å²) in [6.45, 7) is -0.0343. The van der Waals surface area contributed by atoms with E-state index in [1.165, 1.54) is 4.68 Å². The zero-order valence-corrected chi connectivity index (χ0v) is 11.3. The Balaban J connectivity index is 2.06. The zero-order chi connectivity index (χ0) is 13.4. The van der Waals surface area contributed by atoms with E-state index in [1.807, 2.05) is 17.5 Å².